The van der Waals surface area contributed by atoms with Crippen molar-refractivity contribution in [2.45, 2.75) is 26.0 Å². The smallest absolute Gasteiger partial charge is 0.387 e. The molecule has 0 aliphatic carbocycles. The van der Waals surface area contributed by atoms with Crippen LogP contribution in [0, 0.1) is 0 Å². The third-order valence-corrected chi connectivity index (χ3v) is 4.48. The van der Waals surface area contributed by atoms with E-state index in [2.05, 4.69) is 10.1 Å². The second-order valence-electron chi connectivity index (χ2n) is 6.61. The highest BCUT2D eigenvalue weighted by Gasteiger charge is 2.17. The maximum atomic E-state index is 12.7. The molecule has 0 fully saturated rings. The number of carbonyl (C=O) groups excluding carboxylic acids is 1. The Labute approximate surface area is 174 Å². The monoisotopic (exact) mass is 411 g/mol. The molecule has 1 amide bonds. The first-order valence-electron chi connectivity index (χ1n) is 9.66. The van der Waals surface area contributed by atoms with E-state index in [1.54, 1.807) is 12.1 Å². The summed E-state index contributed by atoms with van der Waals surface area (Å²) in [5.41, 5.74) is 2.52. The molecule has 0 aromatic heterocycles. The summed E-state index contributed by atoms with van der Waals surface area (Å²) in [5, 5.41) is 3.04. The first-order chi connectivity index (χ1) is 14.5. The number of amides is 1. The second-order valence-corrected chi connectivity index (χ2v) is 6.61. The predicted octanol–water partition coefficient (Wildman–Crippen LogP) is 5.14. The zero-order valence-corrected chi connectivity index (χ0v) is 16.6. The Hall–Kier alpha value is -3.41. The summed E-state index contributed by atoms with van der Waals surface area (Å²) in [5.74, 6) is 0.678. The molecule has 0 saturated carbocycles. The van der Waals surface area contributed by atoms with Crippen LogP contribution >= 0.6 is 0 Å². The van der Waals surface area contributed by atoms with E-state index in [0.717, 1.165) is 22.4 Å². The predicted molar refractivity (Wildman–Crippen MR) is 111 cm³/mol. The Morgan fingerprint density at radius 1 is 0.867 bits per heavy atom. The molecule has 30 heavy (non-hydrogen) atoms. The van der Waals surface area contributed by atoms with E-state index in [4.69, 9.17) is 4.74 Å². The molecule has 0 spiro atoms. The lowest BCUT2D eigenvalue weighted by molar-refractivity contribution is -0.120. The fraction of sp³-hybridized carbons (Fsp3) is 0.208. The Morgan fingerprint density at radius 2 is 1.47 bits per heavy atom. The summed E-state index contributed by atoms with van der Waals surface area (Å²) >= 11 is 0. The summed E-state index contributed by atoms with van der Waals surface area (Å²) in [6, 6.07) is 22.7. The van der Waals surface area contributed by atoms with Crippen LogP contribution in [0.2, 0.25) is 0 Å². The zero-order chi connectivity index (χ0) is 21.3. The number of rotatable bonds is 9. The minimum absolute atomic E-state index is 0.0706. The van der Waals surface area contributed by atoms with Gasteiger partial charge in [0.15, 0.2) is 0 Å². The molecule has 4 nitrogen and oxygen atoms in total. The van der Waals surface area contributed by atoms with Gasteiger partial charge in [0.2, 0.25) is 5.91 Å². The van der Waals surface area contributed by atoms with Gasteiger partial charge in [-0.05, 0) is 47.9 Å². The zero-order valence-electron chi connectivity index (χ0n) is 16.6. The summed E-state index contributed by atoms with van der Waals surface area (Å²) < 4.78 is 34.6. The van der Waals surface area contributed by atoms with Gasteiger partial charge in [-0.25, -0.2) is 0 Å². The van der Waals surface area contributed by atoms with Crippen LogP contribution in [0.25, 0.3) is 0 Å². The molecule has 156 valence electrons. The van der Waals surface area contributed by atoms with Gasteiger partial charge in [0.05, 0.1) is 19.1 Å². The lowest BCUT2D eigenvalue weighted by Gasteiger charge is -2.20. The van der Waals surface area contributed by atoms with Crippen molar-refractivity contribution in [3.8, 4) is 11.5 Å². The van der Waals surface area contributed by atoms with Crippen LogP contribution in [0.15, 0.2) is 78.9 Å². The van der Waals surface area contributed by atoms with E-state index in [1.165, 1.54) is 12.1 Å². The van der Waals surface area contributed by atoms with Crippen molar-refractivity contribution < 1.29 is 23.0 Å². The Kier molecular flexibility index (Phi) is 7.38. The molecule has 6 heteroatoms. The Bertz CT molecular complexity index is 929. The van der Waals surface area contributed by atoms with Crippen LogP contribution in [0.4, 0.5) is 8.78 Å². The van der Waals surface area contributed by atoms with Crippen molar-refractivity contribution in [1.29, 1.82) is 0 Å². The van der Waals surface area contributed by atoms with Gasteiger partial charge in [0, 0.05) is 0 Å². The van der Waals surface area contributed by atoms with Crippen molar-refractivity contribution in [3.63, 3.8) is 0 Å². The molecular formula is C24H23F2NO3. The quantitative estimate of drug-likeness (QED) is 0.531. The summed E-state index contributed by atoms with van der Waals surface area (Å²) in [6.45, 7) is -0.383. The molecule has 3 rings (SSSR count). The Morgan fingerprint density at radius 3 is 2.07 bits per heavy atom. The number of ether oxygens (including phenoxy) is 2. The van der Waals surface area contributed by atoms with Gasteiger partial charge in [0.1, 0.15) is 11.5 Å². The van der Waals surface area contributed by atoms with Gasteiger partial charge in [-0.2, -0.15) is 8.78 Å². The van der Waals surface area contributed by atoms with E-state index in [-0.39, 0.29) is 18.1 Å². The molecule has 1 N–H and O–H groups in total. The van der Waals surface area contributed by atoms with E-state index >= 15 is 0 Å². The topological polar surface area (TPSA) is 47.6 Å². The van der Waals surface area contributed by atoms with Gasteiger partial charge in [-0.3, -0.25) is 4.79 Å². The standard InChI is InChI=1S/C24H23F2NO3/c1-2-29-20-12-8-17(9-13-20)16-22(28)27-23(18-6-4-3-5-7-18)19-10-14-21(15-11-19)30-24(25)26/h3-15,23-24H,2,16H2,1H3,(H,27,28). The third-order valence-electron chi connectivity index (χ3n) is 4.48. The first kappa shape index (κ1) is 21.3. The van der Waals surface area contributed by atoms with Crippen LogP contribution in [0.5, 0.6) is 11.5 Å². The van der Waals surface area contributed by atoms with Gasteiger partial charge >= 0.3 is 6.61 Å². The molecule has 0 saturated heterocycles. The Balaban J connectivity index is 1.75. The van der Waals surface area contributed by atoms with E-state index in [9.17, 15) is 13.6 Å². The molecule has 0 bridgehead atoms. The van der Waals surface area contributed by atoms with Crippen LogP contribution in [0.3, 0.4) is 0 Å². The van der Waals surface area contributed by atoms with Crippen LogP contribution < -0.4 is 14.8 Å². The summed E-state index contributed by atoms with van der Waals surface area (Å²) in [4.78, 5) is 12.7. The number of nitrogens with one attached hydrogen (secondary N) is 1. The van der Waals surface area contributed by atoms with Crippen molar-refractivity contribution in [3.05, 3.63) is 95.6 Å². The van der Waals surface area contributed by atoms with E-state index in [1.807, 2.05) is 61.5 Å². The number of alkyl halides is 2. The fourth-order valence-electron chi connectivity index (χ4n) is 3.11. The number of carbonyl (C=O) groups is 1. The minimum Gasteiger partial charge on any atom is -0.494 e. The third kappa shape index (κ3) is 6.04. The maximum Gasteiger partial charge on any atom is 0.387 e. The molecular weight excluding hydrogens is 388 g/mol. The second kappa shape index (κ2) is 10.4. The number of hydrogen-bond acceptors (Lipinski definition) is 3. The number of hydrogen-bond donors (Lipinski definition) is 1. The largest absolute Gasteiger partial charge is 0.494 e. The van der Waals surface area contributed by atoms with Crippen molar-refractivity contribution >= 4 is 5.91 Å². The van der Waals surface area contributed by atoms with E-state index in [0.29, 0.717) is 6.61 Å². The minimum atomic E-state index is -2.88. The molecule has 3 aromatic rings. The average molecular weight is 411 g/mol. The van der Waals surface area contributed by atoms with Crippen LogP contribution in [0.1, 0.15) is 29.7 Å². The highest BCUT2D eigenvalue weighted by Crippen LogP contribution is 2.25. The molecule has 0 heterocycles. The highest BCUT2D eigenvalue weighted by atomic mass is 19.3. The summed E-state index contributed by atoms with van der Waals surface area (Å²) in [6.07, 6.45) is 0.211. The molecule has 1 atom stereocenters. The molecule has 3 aromatic carbocycles. The summed E-state index contributed by atoms with van der Waals surface area (Å²) in [7, 11) is 0. The molecule has 0 aliphatic heterocycles. The normalized spacial score (nSPS) is 11.7. The number of benzene rings is 3. The van der Waals surface area contributed by atoms with E-state index < -0.39 is 12.7 Å². The van der Waals surface area contributed by atoms with Crippen molar-refractivity contribution in [2.75, 3.05) is 6.61 Å². The highest BCUT2D eigenvalue weighted by molar-refractivity contribution is 5.79. The maximum absolute atomic E-state index is 12.7. The van der Waals surface area contributed by atoms with Crippen LogP contribution in [-0.4, -0.2) is 19.1 Å². The number of halogens is 2. The lowest BCUT2D eigenvalue weighted by Crippen LogP contribution is -2.30. The fourth-order valence-corrected chi connectivity index (χ4v) is 3.11. The van der Waals surface area contributed by atoms with Crippen molar-refractivity contribution in [2.24, 2.45) is 0 Å². The molecule has 0 aliphatic rings. The first-order valence-corrected chi connectivity index (χ1v) is 9.66. The molecule has 0 radical (unpaired) electrons. The average Bonchev–Trinajstić information content (AvgIpc) is 2.75. The van der Waals surface area contributed by atoms with Gasteiger partial charge < -0.3 is 14.8 Å². The van der Waals surface area contributed by atoms with Gasteiger partial charge in [-0.1, -0.05) is 54.6 Å². The lowest BCUT2D eigenvalue weighted by atomic mass is 9.98. The van der Waals surface area contributed by atoms with Crippen molar-refractivity contribution in [1.82, 2.24) is 5.32 Å². The SMILES string of the molecule is CCOc1ccc(CC(=O)NC(c2ccccc2)c2ccc(OC(F)F)cc2)cc1. The van der Waals surface area contributed by atoms with Gasteiger partial charge in [0.25, 0.3) is 0 Å². The van der Waals surface area contributed by atoms with Gasteiger partial charge in [-0.15, -0.1) is 0 Å². The molecule has 1 unspecified atom stereocenters. The van der Waals surface area contributed by atoms with Crippen LogP contribution in [-0.2, 0) is 11.2 Å².